The van der Waals surface area contributed by atoms with Crippen molar-refractivity contribution in [2.45, 2.75) is 104 Å². The second kappa shape index (κ2) is 32.4. The molecular formula is C62H77N. The van der Waals surface area contributed by atoms with E-state index < -0.39 is 0 Å². The van der Waals surface area contributed by atoms with E-state index in [4.69, 9.17) is 0 Å². The van der Waals surface area contributed by atoms with Crippen LogP contribution in [-0.4, -0.2) is 4.98 Å². The summed E-state index contributed by atoms with van der Waals surface area (Å²) in [7, 11) is 0. The van der Waals surface area contributed by atoms with Crippen LogP contribution in [0.15, 0.2) is 194 Å². The van der Waals surface area contributed by atoms with Crippen molar-refractivity contribution >= 4 is 0 Å². The molecule has 330 valence electrons. The molecule has 0 unspecified atom stereocenters. The summed E-state index contributed by atoms with van der Waals surface area (Å²) in [4.78, 5) is 4.25. The first-order valence-corrected chi connectivity index (χ1v) is 23.0. The summed E-state index contributed by atoms with van der Waals surface area (Å²) in [6.07, 6.45) is 1.81. The van der Waals surface area contributed by atoms with E-state index in [0.29, 0.717) is 0 Å². The number of benzene rings is 7. The summed E-state index contributed by atoms with van der Waals surface area (Å²) in [6.45, 7) is 31.1. The lowest BCUT2D eigenvalue weighted by Crippen LogP contribution is -1.88. The predicted molar refractivity (Wildman–Crippen MR) is 284 cm³/mol. The fraction of sp³-hybridized carbons (Fsp3) is 0.242. The lowest BCUT2D eigenvalue weighted by Gasteiger charge is -2.09. The van der Waals surface area contributed by atoms with Crippen LogP contribution in [0.5, 0.6) is 0 Å². The number of hydrogen-bond donors (Lipinski definition) is 0. The first kappa shape index (κ1) is 54.7. The van der Waals surface area contributed by atoms with E-state index in [1.807, 2.05) is 104 Å². The molecule has 1 heterocycles. The second-order valence-corrected chi connectivity index (χ2v) is 14.0. The van der Waals surface area contributed by atoms with Gasteiger partial charge >= 0.3 is 0 Å². The molecule has 63 heavy (non-hydrogen) atoms. The van der Waals surface area contributed by atoms with Crippen molar-refractivity contribution in [3.05, 3.63) is 233 Å². The van der Waals surface area contributed by atoms with Crippen molar-refractivity contribution < 1.29 is 0 Å². The van der Waals surface area contributed by atoms with E-state index >= 15 is 0 Å². The Balaban J connectivity index is 0.000000399. The van der Waals surface area contributed by atoms with E-state index in [-0.39, 0.29) is 0 Å². The maximum absolute atomic E-state index is 4.25. The van der Waals surface area contributed by atoms with Crippen LogP contribution in [0.25, 0.3) is 44.6 Å². The Morgan fingerprint density at radius 2 is 0.683 bits per heavy atom. The van der Waals surface area contributed by atoms with Crippen LogP contribution < -0.4 is 0 Å². The summed E-state index contributed by atoms with van der Waals surface area (Å²) in [6, 6.07) is 65.4. The Hall–Kier alpha value is -6.31. The van der Waals surface area contributed by atoms with Crippen LogP contribution in [0.4, 0.5) is 0 Å². The molecule has 0 radical (unpaired) electrons. The minimum Gasteiger partial charge on any atom is -0.256 e. The molecule has 0 spiro atoms. The molecule has 0 saturated heterocycles. The minimum atomic E-state index is 1.03. The molecule has 7 aromatic carbocycles. The van der Waals surface area contributed by atoms with Gasteiger partial charge in [0.1, 0.15) is 0 Å². The molecule has 0 saturated carbocycles. The highest BCUT2D eigenvalue weighted by Crippen LogP contribution is 2.25. The first-order chi connectivity index (χ1) is 30.7. The van der Waals surface area contributed by atoms with Crippen molar-refractivity contribution in [1.82, 2.24) is 4.98 Å². The number of aromatic nitrogens is 1. The van der Waals surface area contributed by atoms with E-state index in [0.717, 1.165) is 11.3 Å². The van der Waals surface area contributed by atoms with Crippen molar-refractivity contribution in [3.8, 4) is 44.6 Å². The predicted octanol–water partition coefficient (Wildman–Crippen LogP) is 19.1. The molecule has 0 aliphatic carbocycles. The molecule has 0 N–H and O–H groups in total. The van der Waals surface area contributed by atoms with Gasteiger partial charge in [-0.3, -0.25) is 4.98 Å². The van der Waals surface area contributed by atoms with Crippen LogP contribution in [0.3, 0.4) is 0 Å². The van der Waals surface area contributed by atoms with Gasteiger partial charge < -0.3 is 0 Å². The number of hydrogen-bond acceptors (Lipinski definition) is 1. The molecular weight excluding hydrogens is 759 g/mol. The third-order valence-electron chi connectivity index (χ3n) is 9.89. The lowest BCUT2D eigenvalue weighted by molar-refractivity contribution is 1.27. The van der Waals surface area contributed by atoms with E-state index in [2.05, 4.69) is 199 Å². The molecule has 0 atom stereocenters. The maximum atomic E-state index is 4.25. The molecule has 0 bridgehead atoms. The largest absolute Gasteiger partial charge is 0.256 e. The lowest BCUT2D eigenvalue weighted by atomic mass is 9.97. The van der Waals surface area contributed by atoms with Gasteiger partial charge in [-0.2, -0.15) is 0 Å². The highest BCUT2D eigenvalue weighted by Gasteiger charge is 2.03. The summed E-state index contributed by atoms with van der Waals surface area (Å²) in [5.41, 5.74) is 19.5. The molecule has 0 aliphatic heterocycles. The average molecular weight is 836 g/mol. The van der Waals surface area contributed by atoms with Crippen LogP contribution >= 0.6 is 0 Å². The molecule has 1 nitrogen and oxygen atoms in total. The normalized spacial score (nSPS) is 9.19. The van der Waals surface area contributed by atoms with Crippen molar-refractivity contribution in [1.29, 1.82) is 0 Å². The van der Waals surface area contributed by atoms with E-state index in [1.54, 1.807) is 0 Å². The summed E-state index contributed by atoms with van der Waals surface area (Å²) in [5.74, 6) is 0. The fourth-order valence-corrected chi connectivity index (χ4v) is 6.16. The smallest absolute Gasteiger partial charge is 0.0701 e. The topological polar surface area (TPSA) is 12.9 Å². The Morgan fingerprint density at radius 1 is 0.270 bits per heavy atom. The maximum Gasteiger partial charge on any atom is 0.0701 e. The Bertz CT molecular complexity index is 2280. The Labute approximate surface area is 385 Å². The van der Waals surface area contributed by atoms with Gasteiger partial charge in [0.25, 0.3) is 0 Å². The third kappa shape index (κ3) is 19.1. The third-order valence-corrected chi connectivity index (χ3v) is 9.89. The zero-order valence-electron chi connectivity index (χ0n) is 41.4. The van der Waals surface area contributed by atoms with Gasteiger partial charge in [0.05, 0.1) is 5.69 Å². The van der Waals surface area contributed by atoms with E-state index in [9.17, 15) is 0 Å². The highest BCUT2D eigenvalue weighted by molar-refractivity contribution is 5.68. The monoisotopic (exact) mass is 836 g/mol. The van der Waals surface area contributed by atoms with Crippen molar-refractivity contribution in [2.75, 3.05) is 0 Å². The van der Waals surface area contributed by atoms with Gasteiger partial charge in [-0.05, 0) is 127 Å². The number of pyridine rings is 1. The molecule has 0 aliphatic rings. The van der Waals surface area contributed by atoms with Gasteiger partial charge in [0.15, 0.2) is 0 Å². The minimum absolute atomic E-state index is 1.03. The summed E-state index contributed by atoms with van der Waals surface area (Å²) in [5, 5.41) is 0. The van der Waals surface area contributed by atoms with Crippen molar-refractivity contribution in [2.24, 2.45) is 0 Å². The number of aryl methyl sites for hydroxylation is 6. The second-order valence-electron chi connectivity index (χ2n) is 14.0. The average Bonchev–Trinajstić information content (AvgIpc) is 3.36. The van der Waals surface area contributed by atoms with Crippen LogP contribution in [0.1, 0.15) is 94.3 Å². The Kier molecular flexibility index (Phi) is 28.1. The van der Waals surface area contributed by atoms with Gasteiger partial charge in [-0.25, -0.2) is 0 Å². The van der Waals surface area contributed by atoms with Crippen LogP contribution in [0.2, 0.25) is 0 Å². The zero-order valence-corrected chi connectivity index (χ0v) is 41.4. The van der Waals surface area contributed by atoms with Gasteiger partial charge in [-0.15, -0.1) is 0 Å². The molecule has 8 aromatic rings. The number of nitrogens with zero attached hydrogens (tertiary/aromatic N) is 1. The van der Waals surface area contributed by atoms with E-state index in [1.165, 1.54) is 72.3 Å². The summed E-state index contributed by atoms with van der Waals surface area (Å²) >= 11 is 0. The molecule has 0 amide bonds. The van der Waals surface area contributed by atoms with Crippen LogP contribution in [0, 0.1) is 48.5 Å². The SMILES string of the molecule is CC.CC.CC.CC.Cc1cc(-c2ccccc2)cc(C)c1C.Cc1ccc(-c2ccccc2)cc1C.Cc1ccc(-c2ccccc2C)cc1.c1ccc(-c2ccccn2)cc1. The molecule has 1 aromatic heterocycles. The van der Waals surface area contributed by atoms with Gasteiger partial charge in [0.2, 0.25) is 0 Å². The molecule has 0 fully saturated rings. The highest BCUT2D eigenvalue weighted by atomic mass is 14.7. The first-order valence-electron chi connectivity index (χ1n) is 23.0. The number of rotatable bonds is 4. The molecule has 1 heteroatoms. The van der Waals surface area contributed by atoms with Crippen LogP contribution in [-0.2, 0) is 0 Å². The quantitative estimate of drug-likeness (QED) is 0.172. The zero-order chi connectivity index (χ0) is 47.0. The van der Waals surface area contributed by atoms with Crippen molar-refractivity contribution in [3.63, 3.8) is 0 Å². The fourth-order valence-electron chi connectivity index (χ4n) is 6.16. The summed E-state index contributed by atoms with van der Waals surface area (Å²) < 4.78 is 0. The molecule has 8 rings (SSSR count). The Morgan fingerprint density at radius 3 is 1.14 bits per heavy atom. The van der Waals surface area contributed by atoms with Gasteiger partial charge in [0, 0.05) is 11.8 Å². The van der Waals surface area contributed by atoms with Gasteiger partial charge in [-0.1, -0.05) is 237 Å². The standard InChI is InChI=1S/C15H16.2C14H14.C11H9N.4C2H6/c1-11-9-15(10-12(2)13(11)3)14-7-5-4-6-8-14;1-11-7-9-13(10-8-11)14-6-4-3-5-12(14)2;1-11-8-9-14(10-12(11)2)13-6-4-3-5-7-13;1-2-6-10(7-3-1)11-8-4-5-9-12-11;4*1-2/h4-10H,1-3H3;2*3-10H,1-2H3;1-9H;4*1-2H3.